The van der Waals surface area contributed by atoms with Crippen LogP contribution in [-0.2, 0) is 16.1 Å². The fraction of sp³-hybridized carbons (Fsp3) is 0.385. The molecule has 2 saturated heterocycles. The number of ether oxygens (including phenoxy) is 3. The topological polar surface area (TPSA) is 103 Å². The maximum atomic E-state index is 13.4. The number of carbonyl (C=O) groups excluding carboxylic acids is 2. The van der Waals surface area contributed by atoms with Crippen molar-refractivity contribution in [2.45, 2.75) is 19.4 Å². The van der Waals surface area contributed by atoms with Crippen LogP contribution < -0.4 is 24.7 Å². The van der Waals surface area contributed by atoms with Gasteiger partial charge < -0.3 is 24.0 Å². The van der Waals surface area contributed by atoms with Crippen LogP contribution >= 0.6 is 0 Å². The van der Waals surface area contributed by atoms with E-state index in [9.17, 15) is 14.4 Å². The summed E-state index contributed by atoms with van der Waals surface area (Å²) >= 11 is 0. The maximum Gasteiger partial charge on any atom is 0.251 e. The number of piperidine rings is 1. The van der Waals surface area contributed by atoms with Gasteiger partial charge in [-0.15, -0.1) is 0 Å². The highest BCUT2D eigenvalue weighted by atomic mass is 16.6. The quantitative estimate of drug-likeness (QED) is 0.514. The zero-order valence-electron chi connectivity index (χ0n) is 19.9. The molecule has 1 spiro atoms. The van der Waals surface area contributed by atoms with E-state index in [0.717, 1.165) is 18.5 Å². The molecule has 3 aromatic rings. The van der Waals surface area contributed by atoms with E-state index in [1.807, 2.05) is 18.2 Å². The van der Waals surface area contributed by atoms with Crippen molar-refractivity contribution in [2.24, 2.45) is 5.41 Å². The van der Waals surface area contributed by atoms with Gasteiger partial charge in [-0.1, -0.05) is 0 Å². The second-order valence-corrected chi connectivity index (χ2v) is 9.46. The molecule has 0 saturated carbocycles. The summed E-state index contributed by atoms with van der Waals surface area (Å²) in [6.07, 6.45) is 3.03. The van der Waals surface area contributed by atoms with E-state index in [1.54, 1.807) is 28.1 Å². The second-order valence-electron chi connectivity index (χ2n) is 9.46. The number of aromatic nitrogens is 2. The Balaban J connectivity index is 1.19. The van der Waals surface area contributed by atoms with E-state index in [2.05, 4.69) is 4.98 Å². The number of methoxy groups -OCH3 is 1. The molecule has 1 unspecified atom stereocenters. The molecule has 0 radical (unpaired) electrons. The average Bonchev–Trinajstić information content (AvgIpc) is 2.92. The van der Waals surface area contributed by atoms with Crippen LogP contribution in [0, 0.1) is 5.41 Å². The van der Waals surface area contributed by atoms with E-state index in [-0.39, 0.29) is 23.9 Å². The number of amides is 2. The lowest BCUT2D eigenvalue weighted by molar-refractivity contribution is -0.145. The third-order valence-corrected chi connectivity index (χ3v) is 7.27. The molecule has 186 valence electrons. The van der Waals surface area contributed by atoms with Gasteiger partial charge in [0.05, 0.1) is 29.8 Å². The number of β-lactam (4-membered cyclic amide) rings is 1. The first kappa shape index (κ1) is 22.4. The van der Waals surface area contributed by atoms with Crippen molar-refractivity contribution < 1.29 is 23.8 Å². The van der Waals surface area contributed by atoms with Gasteiger partial charge in [-0.25, -0.2) is 0 Å². The van der Waals surface area contributed by atoms with Crippen molar-refractivity contribution in [1.29, 1.82) is 0 Å². The third kappa shape index (κ3) is 3.64. The lowest BCUT2D eigenvalue weighted by Crippen LogP contribution is -2.68. The summed E-state index contributed by atoms with van der Waals surface area (Å²) in [5.74, 6) is 1.63. The van der Waals surface area contributed by atoms with Crippen LogP contribution in [0.5, 0.6) is 17.2 Å². The molecule has 10 heteroatoms. The second kappa shape index (κ2) is 8.54. The van der Waals surface area contributed by atoms with Crippen LogP contribution in [0.25, 0.3) is 11.0 Å². The van der Waals surface area contributed by atoms with Gasteiger partial charge in [-0.05, 0) is 31.0 Å². The number of hydrogen-bond acceptors (Lipinski definition) is 7. The van der Waals surface area contributed by atoms with E-state index < -0.39 is 5.41 Å². The van der Waals surface area contributed by atoms with Crippen LogP contribution in [0.2, 0.25) is 0 Å². The van der Waals surface area contributed by atoms with E-state index in [0.29, 0.717) is 61.1 Å². The average molecular weight is 491 g/mol. The minimum absolute atomic E-state index is 0.00735. The Bertz CT molecular complexity index is 1440. The van der Waals surface area contributed by atoms with Crippen LogP contribution in [-0.4, -0.2) is 66.2 Å². The zero-order valence-corrected chi connectivity index (χ0v) is 19.9. The smallest absolute Gasteiger partial charge is 0.251 e. The third-order valence-electron chi connectivity index (χ3n) is 7.27. The summed E-state index contributed by atoms with van der Waals surface area (Å²) in [4.78, 5) is 47.1. The number of carbonyl (C=O) groups is 2. The number of anilines is 1. The summed E-state index contributed by atoms with van der Waals surface area (Å²) in [7, 11) is 1.52. The summed E-state index contributed by atoms with van der Waals surface area (Å²) in [5.41, 5.74) is 1.01. The molecule has 1 aromatic carbocycles. The van der Waals surface area contributed by atoms with Crippen molar-refractivity contribution in [3.05, 3.63) is 52.9 Å². The lowest BCUT2D eigenvalue weighted by atomic mass is 9.72. The lowest BCUT2D eigenvalue weighted by Gasteiger charge is -2.53. The first-order chi connectivity index (χ1) is 17.5. The Morgan fingerprint density at radius 1 is 1.08 bits per heavy atom. The van der Waals surface area contributed by atoms with Crippen molar-refractivity contribution in [1.82, 2.24) is 14.5 Å². The van der Waals surface area contributed by atoms with Crippen molar-refractivity contribution in [3.63, 3.8) is 0 Å². The largest absolute Gasteiger partial charge is 0.495 e. The number of rotatable bonds is 4. The van der Waals surface area contributed by atoms with Gasteiger partial charge in [-0.3, -0.25) is 23.9 Å². The molecular formula is C26H26N4O6. The molecule has 3 aliphatic rings. The number of pyridine rings is 2. The Morgan fingerprint density at radius 2 is 1.92 bits per heavy atom. The van der Waals surface area contributed by atoms with Gasteiger partial charge in [-0.2, -0.15) is 0 Å². The first-order valence-electron chi connectivity index (χ1n) is 12.0. The predicted molar refractivity (Wildman–Crippen MR) is 131 cm³/mol. The van der Waals surface area contributed by atoms with Gasteiger partial charge in [0, 0.05) is 43.5 Å². The van der Waals surface area contributed by atoms with Gasteiger partial charge in [0.2, 0.25) is 11.8 Å². The Hall–Kier alpha value is -4.08. The van der Waals surface area contributed by atoms with E-state index in [4.69, 9.17) is 14.2 Å². The molecule has 2 amide bonds. The maximum absolute atomic E-state index is 13.4. The summed E-state index contributed by atoms with van der Waals surface area (Å²) in [6, 6.07) is 10.3. The van der Waals surface area contributed by atoms with Crippen LogP contribution in [0.1, 0.15) is 12.8 Å². The highest BCUT2D eigenvalue weighted by molar-refractivity contribution is 6.05. The fourth-order valence-electron chi connectivity index (χ4n) is 5.35. The molecule has 5 heterocycles. The molecule has 2 aromatic heterocycles. The van der Waals surface area contributed by atoms with Crippen LogP contribution in [0.15, 0.2) is 47.4 Å². The van der Waals surface area contributed by atoms with Gasteiger partial charge in [0.25, 0.3) is 5.56 Å². The van der Waals surface area contributed by atoms with Gasteiger partial charge in [0.1, 0.15) is 25.5 Å². The minimum Gasteiger partial charge on any atom is -0.495 e. The number of fused-ring (bicyclic) bond motifs is 2. The fourth-order valence-corrected chi connectivity index (χ4v) is 5.35. The van der Waals surface area contributed by atoms with Crippen LogP contribution in [0.4, 0.5) is 5.69 Å². The normalized spacial score (nSPS) is 21.0. The van der Waals surface area contributed by atoms with Crippen molar-refractivity contribution >= 4 is 28.5 Å². The SMILES string of the molecule is COc1cnc2ccc(=O)n(CC(=O)N3CCCC4(C3)CN(c3ccc5c(c3)OCCO5)C4=O)c2c1. The number of likely N-dealkylation sites (tertiary alicyclic amines) is 1. The molecule has 1 atom stereocenters. The van der Waals surface area contributed by atoms with E-state index in [1.165, 1.54) is 17.7 Å². The summed E-state index contributed by atoms with van der Waals surface area (Å²) in [5, 5.41) is 0. The van der Waals surface area contributed by atoms with Gasteiger partial charge >= 0.3 is 0 Å². The van der Waals surface area contributed by atoms with Crippen LogP contribution in [0.3, 0.4) is 0 Å². The standard InChI is InChI=1S/C26H26N4O6/c1-34-18-12-20-19(27-13-18)4-6-23(31)29(20)14-24(32)28-8-2-7-26(15-28)16-30(25(26)33)17-3-5-21-22(11-17)36-10-9-35-21/h3-6,11-13H,2,7-10,14-16H2,1H3. The molecular weight excluding hydrogens is 464 g/mol. The van der Waals surface area contributed by atoms with Crippen molar-refractivity contribution in [3.8, 4) is 17.2 Å². The molecule has 0 aliphatic carbocycles. The van der Waals surface area contributed by atoms with Gasteiger partial charge in [0.15, 0.2) is 11.5 Å². The zero-order chi connectivity index (χ0) is 24.9. The molecule has 10 nitrogen and oxygen atoms in total. The summed E-state index contributed by atoms with van der Waals surface area (Å²) < 4.78 is 17.9. The number of nitrogens with zero attached hydrogens (tertiary/aromatic N) is 4. The Morgan fingerprint density at radius 3 is 2.72 bits per heavy atom. The summed E-state index contributed by atoms with van der Waals surface area (Å²) in [6.45, 7) is 2.29. The predicted octanol–water partition coefficient (Wildman–Crippen LogP) is 1.83. The Labute approximate surface area is 207 Å². The molecule has 0 bridgehead atoms. The first-order valence-corrected chi connectivity index (χ1v) is 12.0. The van der Waals surface area contributed by atoms with Crippen molar-refractivity contribution in [2.75, 3.05) is 44.9 Å². The van der Waals surface area contributed by atoms with E-state index >= 15 is 0 Å². The molecule has 0 N–H and O–H groups in total. The monoisotopic (exact) mass is 490 g/mol. The Kier molecular flexibility index (Phi) is 5.31. The number of benzene rings is 1. The molecule has 2 fully saturated rings. The molecule has 6 rings (SSSR count). The molecule has 3 aliphatic heterocycles. The highest BCUT2D eigenvalue weighted by Crippen LogP contribution is 2.44. The number of hydrogen-bond donors (Lipinski definition) is 0. The highest BCUT2D eigenvalue weighted by Gasteiger charge is 2.55. The molecule has 36 heavy (non-hydrogen) atoms. The minimum atomic E-state index is -0.602.